The largest absolute Gasteiger partial charge is 0.349 e. The molecule has 0 saturated carbocycles. The third kappa shape index (κ3) is 5.55. The molecule has 2 aromatic rings. The first kappa shape index (κ1) is 23.1. The molecule has 0 spiro atoms. The van der Waals surface area contributed by atoms with Gasteiger partial charge >= 0.3 is 0 Å². The highest BCUT2D eigenvalue weighted by Gasteiger charge is 2.33. The number of rotatable bonds is 6. The van der Waals surface area contributed by atoms with Crippen molar-refractivity contribution in [1.29, 1.82) is 0 Å². The Bertz CT molecular complexity index is 989. The van der Waals surface area contributed by atoms with E-state index in [1.807, 2.05) is 38.1 Å². The number of sulfonamides is 1. The van der Waals surface area contributed by atoms with Gasteiger partial charge in [0.1, 0.15) is 0 Å². The maximum atomic E-state index is 13.0. The fourth-order valence-electron chi connectivity index (χ4n) is 3.62. The Morgan fingerprint density at radius 1 is 1.17 bits per heavy atom. The van der Waals surface area contributed by atoms with Crippen molar-refractivity contribution in [2.24, 2.45) is 5.92 Å². The van der Waals surface area contributed by atoms with Crippen LogP contribution in [0.3, 0.4) is 0 Å². The van der Waals surface area contributed by atoms with E-state index in [-0.39, 0.29) is 30.2 Å². The van der Waals surface area contributed by atoms with Crippen molar-refractivity contribution in [2.75, 3.05) is 13.1 Å². The number of nitrogens with one attached hydrogen (secondary N) is 1. The lowest BCUT2D eigenvalue weighted by Crippen LogP contribution is -2.46. The van der Waals surface area contributed by atoms with Gasteiger partial charge in [-0.3, -0.25) is 4.79 Å². The molecule has 0 unspecified atom stereocenters. The molecule has 1 aliphatic heterocycles. The van der Waals surface area contributed by atoms with E-state index >= 15 is 0 Å². The predicted octanol–water partition coefficient (Wildman–Crippen LogP) is 4.72. The second-order valence-corrected chi connectivity index (χ2v) is 10.6. The molecule has 3 rings (SSSR count). The van der Waals surface area contributed by atoms with Gasteiger partial charge in [-0.2, -0.15) is 0 Å². The molecule has 2 aromatic carbocycles. The smallest absolute Gasteiger partial charge is 0.224 e. The fourth-order valence-corrected chi connectivity index (χ4v) is 5.98. The van der Waals surface area contributed by atoms with Crippen LogP contribution in [0.2, 0.25) is 10.0 Å². The highest BCUT2D eigenvalue weighted by molar-refractivity contribution is 7.88. The summed E-state index contributed by atoms with van der Waals surface area (Å²) < 4.78 is 27.3. The van der Waals surface area contributed by atoms with Crippen LogP contribution in [0.1, 0.15) is 42.5 Å². The third-order valence-corrected chi connectivity index (χ3v) is 7.95. The van der Waals surface area contributed by atoms with Gasteiger partial charge in [-0.1, -0.05) is 59.1 Å². The van der Waals surface area contributed by atoms with Crippen LogP contribution in [0.4, 0.5) is 0 Å². The van der Waals surface area contributed by atoms with Gasteiger partial charge in [0.25, 0.3) is 0 Å². The van der Waals surface area contributed by atoms with Gasteiger partial charge in [0.2, 0.25) is 15.9 Å². The van der Waals surface area contributed by atoms with E-state index in [1.165, 1.54) is 4.31 Å². The van der Waals surface area contributed by atoms with Crippen molar-refractivity contribution < 1.29 is 13.2 Å². The lowest BCUT2D eigenvalue weighted by molar-refractivity contribution is -0.126. The summed E-state index contributed by atoms with van der Waals surface area (Å²) in [5.41, 5.74) is 2.56. The number of carbonyl (C=O) groups is 1. The number of hydrogen-bond donors (Lipinski definition) is 1. The Morgan fingerprint density at radius 3 is 2.43 bits per heavy atom. The summed E-state index contributed by atoms with van der Waals surface area (Å²) in [6.07, 6.45) is 1.29. The number of halogens is 2. The van der Waals surface area contributed by atoms with Crippen LogP contribution in [0.25, 0.3) is 0 Å². The number of hydrogen-bond acceptors (Lipinski definition) is 3. The lowest BCUT2D eigenvalue weighted by atomic mass is 9.97. The van der Waals surface area contributed by atoms with Crippen molar-refractivity contribution >= 4 is 39.1 Å². The molecule has 0 radical (unpaired) electrons. The van der Waals surface area contributed by atoms with Crippen molar-refractivity contribution in [3.63, 3.8) is 0 Å². The molecule has 1 fully saturated rings. The maximum absolute atomic E-state index is 13.0. The summed E-state index contributed by atoms with van der Waals surface area (Å²) in [6.45, 7) is 4.50. The molecule has 30 heavy (non-hydrogen) atoms. The molecule has 0 aliphatic carbocycles. The summed E-state index contributed by atoms with van der Waals surface area (Å²) in [5.74, 6) is -0.790. The third-order valence-electron chi connectivity index (χ3n) is 5.47. The van der Waals surface area contributed by atoms with E-state index < -0.39 is 10.0 Å². The average molecular weight is 469 g/mol. The molecular weight excluding hydrogens is 443 g/mol. The standard InChI is InChI=1S/C22H26Cl2N2O3S/c1-15-8-10-17(11-9-15)16(2)25-22(27)18-5-4-12-26(13-18)30(28,29)14-19-20(23)6-3-7-21(19)24/h3,6-11,16,18H,4-5,12-14H2,1-2H3,(H,25,27)/t16-,18+/m1/s1. The molecule has 8 heteroatoms. The Balaban J connectivity index is 1.66. The van der Waals surface area contributed by atoms with E-state index in [4.69, 9.17) is 23.2 Å². The van der Waals surface area contributed by atoms with E-state index in [2.05, 4.69) is 5.32 Å². The van der Waals surface area contributed by atoms with Crippen LogP contribution < -0.4 is 5.32 Å². The van der Waals surface area contributed by atoms with Gasteiger partial charge < -0.3 is 5.32 Å². The fraction of sp³-hybridized carbons (Fsp3) is 0.409. The van der Waals surface area contributed by atoms with Crippen LogP contribution in [0.15, 0.2) is 42.5 Å². The quantitative estimate of drug-likeness (QED) is 0.666. The number of carbonyl (C=O) groups excluding carboxylic acids is 1. The highest BCUT2D eigenvalue weighted by Crippen LogP contribution is 2.29. The van der Waals surface area contributed by atoms with Gasteiger partial charge in [0.15, 0.2) is 0 Å². The SMILES string of the molecule is Cc1ccc([C@@H](C)NC(=O)[C@H]2CCCN(S(=O)(=O)Cc3c(Cl)cccc3Cl)C2)cc1. The van der Waals surface area contributed by atoms with Crippen LogP contribution >= 0.6 is 23.2 Å². The average Bonchev–Trinajstić information content (AvgIpc) is 2.71. The first-order chi connectivity index (χ1) is 14.2. The number of aryl methyl sites for hydroxylation is 1. The molecule has 1 saturated heterocycles. The Labute approximate surface area is 188 Å². The molecule has 1 amide bonds. The Morgan fingerprint density at radius 2 is 1.80 bits per heavy atom. The molecule has 5 nitrogen and oxygen atoms in total. The van der Waals surface area contributed by atoms with Crippen molar-refractivity contribution in [3.8, 4) is 0 Å². The van der Waals surface area contributed by atoms with Crippen molar-refractivity contribution in [3.05, 3.63) is 69.2 Å². The van der Waals surface area contributed by atoms with Crippen LogP contribution in [0, 0.1) is 12.8 Å². The zero-order valence-corrected chi connectivity index (χ0v) is 19.4. The van der Waals surface area contributed by atoms with Gasteiger partial charge in [0.05, 0.1) is 17.7 Å². The minimum absolute atomic E-state index is 0.126. The first-order valence-electron chi connectivity index (χ1n) is 9.95. The molecule has 0 bridgehead atoms. The summed E-state index contributed by atoms with van der Waals surface area (Å²) in [4.78, 5) is 12.8. The van der Waals surface area contributed by atoms with E-state index in [0.29, 0.717) is 35.0 Å². The summed E-state index contributed by atoms with van der Waals surface area (Å²) in [7, 11) is -3.65. The Kier molecular flexibility index (Phi) is 7.45. The normalized spacial score (nSPS) is 18.7. The first-order valence-corrected chi connectivity index (χ1v) is 12.3. The minimum Gasteiger partial charge on any atom is -0.349 e. The van der Waals surface area contributed by atoms with Crippen molar-refractivity contribution in [1.82, 2.24) is 9.62 Å². The summed E-state index contributed by atoms with van der Waals surface area (Å²) >= 11 is 12.3. The number of piperidine rings is 1. The van der Waals surface area contributed by atoms with Gasteiger partial charge in [-0.05, 0) is 44.4 Å². The summed E-state index contributed by atoms with van der Waals surface area (Å²) in [5, 5.41) is 3.67. The zero-order chi connectivity index (χ0) is 21.9. The molecule has 1 aliphatic rings. The van der Waals surface area contributed by atoms with E-state index in [1.54, 1.807) is 18.2 Å². The van der Waals surface area contributed by atoms with Gasteiger partial charge in [-0.25, -0.2) is 12.7 Å². The number of benzene rings is 2. The second kappa shape index (κ2) is 9.69. The minimum atomic E-state index is -3.65. The monoisotopic (exact) mass is 468 g/mol. The molecule has 2 atom stereocenters. The number of amides is 1. The van der Waals surface area contributed by atoms with Gasteiger partial charge in [0, 0.05) is 28.7 Å². The second-order valence-electron chi connectivity index (χ2n) is 7.79. The molecule has 1 heterocycles. The summed E-state index contributed by atoms with van der Waals surface area (Å²) in [6, 6.07) is 12.8. The molecular formula is C22H26Cl2N2O3S. The van der Waals surface area contributed by atoms with Gasteiger partial charge in [-0.15, -0.1) is 0 Å². The lowest BCUT2D eigenvalue weighted by Gasteiger charge is -2.32. The predicted molar refractivity (Wildman–Crippen MR) is 121 cm³/mol. The van der Waals surface area contributed by atoms with Crippen molar-refractivity contribution in [2.45, 2.75) is 38.5 Å². The Hall–Kier alpha value is -1.60. The molecule has 0 aromatic heterocycles. The topological polar surface area (TPSA) is 66.5 Å². The number of nitrogens with zero attached hydrogens (tertiary/aromatic N) is 1. The highest BCUT2D eigenvalue weighted by atomic mass is 35.5. The van der Waals surface area contributed by atoms with E-state index in [9.17, 15) is 13.2 Å². The van der Waals surface area contributed by atoms with Crippen LogP contribution in [0.5, 0.6) is 0 Å². The van der Waals surface area contributed by atoms with Crippen LogP contribution in [-0.4, -0.2) is 31.7 Å². The maximum Gasteiger partial charge on any atom is 0.224 e. The van der Waals surface area contributed by atoms with E-state index in [0.717, 1.165) is 11.1 Å². The molecule has 1 N–H and O–H groups in total. The zero-order valence-electron chi connectivity index (χ0n) is 17.1. The van der Waals surface area contributed by atoms with Crippen LogP contribution in [-0.2, 0) is 20.6 Å². The molecule has 162 valence electrons.